The van der Waals surface area contributed by atoms with Crippen LogP contribution in [-0.2, 0) is 12.3 Å². The Hall–Kier alpha value is -1.06. The van der Waals surface area contributed by atoms with Gasteiger partial charge in [-0.05, 0) is 11.1 Å². The quantitative estimate of drug-likeness (QED) is 0.818. The second-order valence-electron chi connectivity index (χ2n) is 4.06. The van der Waals surface area contributed by atoms with Crippen molar-refractivity contribution in [3.8, 4) is 0 Å². The second kappa shape index (κ2) is 6.92. The highest BCUT2D eigenvalue weighted by atomic mass is 32.7. The van der Waals surface area contributed by atoms with Crippen LogP contribution in [0.5, 0.6) is 0 Å². The van der Waals surface area contributed by atoms with Gasteiger partial charge >= 0.3 is 0 Å². The monoisotopic (exact) mass is 293 g/mol. The molecule has 0 unspecified atom stereocenters. The molecule has 2 aromatic carbocycles. The SMILES string of the molecule is OP(O)(=NCc1ccccc1)SCc1ccccc1. The van der Waals surface area contributed by atoms with E-state index in [4.69, 9.17) is 0 Å². The lowest BCUT2D eigenvalue weighted by Crippen LogP contribution is -1.83. The number of hydrogen-bond donors (Lipinski definition) is 2. The van der Waals surface area contributed by atoms with Gasteiger partial charge in [-0.3, -0.25) is 0 Å². The average molecular weight is 293 g/mol. The molecule has 3 nitrogen and oxygen atoms in total. The maximum atomic E-state index is 9.90. The van der Waals surface area contributed by atoms with Crippen LogP contribution in [0.15, 0.2) is 65.4 Å². The number of benzene rings is 2. The van der Waals surface area contributed by atoms with Crippen molar-refractivity contribution in [1.82, 2.24) is 0 Å². The van der Waals surface area contributed by atoms with E-state index in [2.05, 4.69) is 4.74 Å². The molecule has 2 aromatic rings. The molecular weight excluding hydrogens is 277 g/mol. The Morgan fingerprint density at radius 3 is 1.95 bits per heavy atom. The Balaban J connectivity index is 1.94. The fourth-order valence-electron chi connectivity index (χ4n) is 1.53. The van der Waals surface area contributed by atoms with Gasteiger partial charge in [0, 0.05) is 5.75 Å². The second-order valence-corrected chi connectivity index (χ2v) is 8.16. The molecule has 0 amide bonds. The molecule has 19 heavy (non-hydrogen) atoms. The van der Waals surface area contributed by atoms with Gasteiger partial charge in [-0.1, -0.05) is 72.0 Å². The molecule has 0 saturated heterocycles. The van der Waals surface area contributed by atoms with E-state index in [0.29, 0.717) is 12.3 Å². The molecular formula is C14H16NO2PS. The van der Waals surface area contributed by atoms with Crippen LogP contribution in [0, 0.1) is 0 Å². The molecule has 0 radical (unpaired) electrons. The van der Waals surface area contributed by atoms with Gasteiger partial charge in [-0.2, -0.15) is 0 Å². The summed E-state index contributed by atoms with van der Waals surface area (Å²) in [6.07, 6.45) is 0. The molecule has 0 aliphatic heterocycles. The van der Waals surface area contributed by atoms with Crippen molar-refractivity contribution < 1.29 is 9.79 Å². The van der Waals surface area contributed by atoms with Gasteiger partial charge in [-0.15, -0.1) is 0 Å². The Kier molecular flexibility index (Phi) is 5.23. The Labute approximate surface area is 117 Å². The Morgan fingerprint density at radius 2 is 1.37 bits per heavy atom. The van der Waals surface area contributed by atoms with Gasteiger partial charge in [0.25, 0.3) is 6.71 Å². The smallest absolute Gasteiger partial charge is 0.267 e. The van der Waals surface area contributed by atoms with Crippen molar-refractivity contribution in [3.63, 3.8) is 0 Å². The molecule has 0 spiro atoms. The molecule has 5 heteroatoms. The summed E-state index contributed by atoms with van der Waals surface area (Å²) in [5.41, 5.74) is 2.05. The van der Waals surface area contributed by atoms with Crippen LogP contribution in [0.3, 0.4) is 0 Å². The zero-order valence-electron chi connectivity index (χ0n) is 10.4. The van der Waals surface area contributed by atoms with Crippen LogP contribution in [0.1, 0.15) is 11.1 Å². The third-order valence-corrected chi connectivity index (χ3v) is 5.62. The molecule has 0 aliphatic rings. The first kappa shape index (κ1) is 14.4. The van der Waals surface area contributed by atoms with Crippen LogP contribution in [0.25, 0.3) is 0 Å². The highest BCUT2D eigenvalue weighted by molar-refractivity contribution is 8.54. The molecule has 0 aromatic heterocycles. The van der Waals surface area contributed by atoms with E-state index in [9.17, 15) is 9.79 Å². The standard InChI is InChI=1S/C14H16NO2PS/c16-18(17,15-11-13-7-3-1-4-8-13)19-12-14-9-5-2-6-10-14/h1-10,16-17H,11-12H2. The van der Waals surface area contributed by atoms with E-state index in [1.54, 1.807) is 0 Å². The molecule has 0 heterocycles. The summed E-state index contributed by atoms with van der Waals surface area (Å²) in [5, 5.41) is 0. The average Bonchev–Trinajstić information content (AvgIpc) is 2.46. The summed E-state index contributed by atoms with van der Waals surface area (Å²) < 4.78 is 4.03. The molecule has 2 N–H and O–H groups in total. The van der Waals surface area contributed by atoms with Gasteiger partial charge in [-0.25, -0.2) is 4.74 Å². The van der Waals surface area contributed by atoms with Gasteiger partial charge in [0.1, 0.15) is 0 Å². The minimum atomic E-state index is -3.23. The van der Waals surface area contributed by atoms with E-state index in [0.717, 1.165) is 22.5 Å². The lowest BCUT2D eigenvalue weighted by Gasteiger charge is -2.10. The van der Waals surface area contributed by atoms with E-state index in [1.807, 2.05) is 60.7 Å². The van der Waals surface area contributed by atoms with Crippen LogP contribution in [-0.4, -0.2) is 9.79 Å². The van der Waals surface area contributed by atoms with Crippen LogP contribution in [0.4, 0.5) is 0 Å². The maximum absolute atomic E-state index is 9.90. The first-order valence-corrected chi connectivity index (χ1v) is 9.15. The van der Waals surface area contributed by atoms with Crippen LogP contribution >= 0.6 is 18.1 Å². The van der Waals surface area contributed by atoms with Crippen molar-refractivity contribution in [2.45, 2.75) is 12.3 Å². The summed E-state index contributed by atoms with van der Waals surface area (Å²) in [6.45, 7) is -2.90. The molecule has 0 saturated carbocycles. The Bertz CT molecular complexity index is 554. The summed E-state index contributed by atoms with van der Waals surface area (Å²) in [6, 6.07) is 19.3. The van der Waals surface area contributed by atoms with Gasteiger partial charge in [0.15, 0.2) is 0 Å². The largest absolute Gasteiger partial charge is 0.332 e. The highest BCUT2D eigenvalue weighted by Crippen LogP contribution is 2.55. The first-order chi connectivity index (χ1) is 9.16. The minimum absolute atomic E-state index is 0.337. The topological polar surface area (TPSA) is 52.8 Å². The lowest BCUT2D eigenvalue weighted by atomic mass is 10.2. The number of nitrogens with zero attached hydrogens (tertiary/aromatic N) is 1. The molecule has 2 rings (SSSR count). The van der Waals surface area contributed by atoms with Crippen molar-refractivity contribution in [1.29, 1.82) is 0 Å². The van der Waals surface area contributed by atoms with E-state index >= 15 is 0 Å². The third kappa shape index (κ3) is 5.21. The zero-order chi connectivity index (χ0) is 13.6. The van der Waals surface area contributed by atoms with E-state index in [1.165, 1.54) is 0 Å². The van der Waals surface area contributed by atoms with Crippen molar-refractivity contribution in [3.05, 3.63) is 71.8 Å². The number of rotatable bonds is 5. The van der Waals surface area contributed by atoms with E-state index in [-0.39, 0.29) is 0 Å². The summed E-state index contributed by atoms with van der Waals surface area (Å²) in [4.78, 5) is 19.8. The van der Waals surface area contributed by atoms with E-state index < -0.39 is 6.71 Å². The summed E-state index contributed by atoms with van der Waals surface area (Å²) >= 11 is 1.11. The van der Waals surface area contributed by atoms with Crippen molar-refractivity contribution >= 4 is 18.1 Å². The Morgan fingerprint density at radius 1 is 0.842 bits per heavy atom. The van der Waals surface area contributed by atoms with Gasteiger partial charge in [0.05, 0.1) is 6.54 Å². The van der Waals surface area contributed by atoms with Crippen LogP contribution < -0.4 is 0 Å². The van der Waals surface area contributed by atoms with Crippen LogP contribution in [0.2, 0.25) is 0 Å². The van der Waals surface area contributed by atoms with Gasteiger partial charge in [0.2, 0.25) is 0 Å². The van der Waals surface area contributed by atoms with Crippen molar-refractivity contribution in [2.75, 3.05) is 0 Å². The third-order valence-electron chi connectivity index (χ3n) is 2.53. The fraction of sp³-hybridized carbons (Fsp3) is 0.143. The predicted octanol–water partition coefficient (Wildman–Crippen LogP) is 4.05. The molecule has 0 atom stereocenters. The molecule has 100 valence electrons. The normalized spacial score (nSPS) is 11.3. The lowest BCUT2D eigenvalue weighted by molar-refractivity contribution is 0.486. The molecule has 0 aliphatic carbocycles. The predicted molar refractivity (Wildman–Crippen MR) is 81.7 cm³/mol. The van der Waals surface area contributed by atoms with Crippen molar-refractivity contribution in [2.24, 2.45) is 4.74 Å². The zero-order valence-corrected chi connectivity index (χ0v) is 12.1. The summed E-state index contributed by atoms with van der Waals surface area (Å²) in [5.74, 6) is 0.555. The molecule has 0 fully saturated rings. The first-order valence-electron chi connectivity index (χ1n) is 5.92. The summed E-state index contributed by atoms with van der Waals surface area (Å²) in [7, 11) is 0. The minimum Gasteiger partial charge on any atom is -0.332 e. The maximum Gasteiger partial charge on any atom is 0.267 e. The highest BCUT2D eigenvalue weighted by Gasteiger charge is 2.11. The molecule has 0 bridgehead atoms. The number of hydrogen-bond acceptors (Lipinski definition) is 2. The fourth-order valence-corrected chi connectivity index (χ4v) is 3.86. The van der Waals surface area contributed by atoms with Gasteiger partial charge < -0.3 is 9.79 Å².